The number of benzene rings is 2. The van der Waals surface area contributed by atoms with Gasteiger partial charge in [0.25, 0.3) is 10.0 Å². The maximum absolute atomic E-state index is 13.4. The van der Waals surface area contributed by atoms with Crippen LogP contribution < -0.4 is 0 Å². The van der Waals surface area contributed by atoms with E-state index in [9.17, 15) is 13.2 Å². The lowest BCUT2D eigenvalue weighted by Crippen LogP contribution is -2.21. The number of nitrogens with zero attached hydrogens (tertiary/aromatic N) is 1. The largest absolute Gasteiger partial charge is 0.464 e. The van der Waals surface area contributed by atoms with Gasteiger partial charge >= 0.3 is 5.97 Å². The van der Waals surface area contributed by atoms with Gasteiger partial charge in [-0.25, -0.2) is 17.2 Å². The summed E-state index contributed by atoms with van der Waals surface area (Å²) in [6.45, 7) is 1.89. The van der Waals surface area contributed by atoms with Crippen LogP contribution in [0.15, 0.2) is 64.0 Å². The van der Waals surface area contributed by atoms with Gasteiger partial charge in [0.15, 0.2) is 0 Å². The molecule has 0 atom stereocenters. The van der Waals surface area contributed by atoms with Crippen molar-refractivity contribution >= 4 is 43.6 Å². The van der Waals surface area contributed by atoms with Crippen molar-refractivity contribution in [3.8, 4) is 0 Å². The zero-order chi connectivity index (χ0) is 21.5. The average Bonchev–Trinajstić information content (AvgIpc) is 3.28. The minimum absolute atomic E-state index is 0.0166. The topological polar surface area (TPSA) is 65.4 Å². The van der Waals surface area contributed by atoms with Crippen LogP contribution in [0.4, 0.5) is 0 Å². The van der Waals surface area contributed by atoms with Gasteiger partial charge in [-0.3, -0.25) is 0 Å². The molecule has 0 unspecified atom stereocenters. The van der Waals surface area contributed by atoms with Gasteiger partial charge in [0.05, 0.1) is 12.0 Å². The summed E-state index contributed by atoms with van der Waals surface area (Å²) in [5.41, 5.74) is 4.34. The molecule has 1 heterocycles. The van der Waals surface area contributed by atoms with E-state index in [0.717, 1.165) is 30.7 Å². The molecule has 30 heavy (non-hydrogen) atoms. The van der Waals surface area contributed by atoms with Crippen LogP contribution in [0.1, 0.15) is 39.3 Å². The first-order valence-electron chi connectivity index (χ1n) is 9.43. The van der Waals surface area contributed by atoms with Crippen molar-refractivity contribution < 1.29 is 17.9 Å². The molecule has 5 nitrogen and oxygen atoms in total. The van der Waals surface area contributed by atoms with E-state index in [1.165, 1.54) is 7.11 Å². The lowest BCUT2D eigenvalue weighted by molar-refractivity contribution is 0.0592. The summed E-state index contributed by atoms with van der Waals surface area (Å²) in [6, 6.07) is 16.1. The standard InChI is InChI=1S/C23H20BrNO4S/c1-15-6-9-19(10-7-15)30(27,28)25-21-11-8-17(12-16-4-3-5-18(24)13-16)20(21)14-22(25)23(26)29-2/h3-7,9-10,12-14H,8,11H2,1-2H3. The third kappa shape index (κ3) is 3.63. The van der Waals surface area contributed by atoms with Crippen LogP contribution in [0, 0.1) is 6.92 Å². The van der Waals surface area contributed by atoms with Crippen molar-refractivity contribution in [2.45, 2.75) is 24.7 Å². The smallest absolute Gasteiger partial charge is 0.355 e. The Hall–Kier alpha value is -2.64. The molecule has 0 spiro atoms. The van der Waals surface area contributed by atoms with Crippen molar-refractivity contribution in [2.75, 3.05) is 7.11 Å². The first kappa shape index (κ1) is 20.6. The van der Waals surface area contributed by atoms with Crippen molar-refractivity contribution in [3.05, 3.63) is 87.1 Å². The van der Waals surface area contributed by atoms with Crippen molar-refractivity contribution in [1.29, 1.82) is 0 Å². The molecular weight excluding hydrogens is 466 g/mol. The van der Waals surface area contributed by atoms with E-state index < -0.39 is 16.0 Å². The summed E-state index contributed by atoms with van der Waals surface area (Å²) in [5, 5.41) is 0. The van der Waals surface area contributed by atoms with E-state index >= 15 is 0 Å². The third-order valence-corrected chi connectivity index (χ3v) is 7.44. The first-order chi connectivity index (χ1) is 14.3. The molecule has 1 aliphatic rings. The number of hydrogen-bond acceptors (Lipinski definition) is 4. The summed E-state index contributed by atoms with van der Waals surface area (Å²) in [7, 11) is -2.69. The fourth-order valence-corrected chi connectivity index (χ4v) is 5.69. The summed E-state index contributed by atoms with van der Waals surface area (Å²) < 4.78 is 33.9. The maximum atomic E-state index is 13.4. The van der Waals surface area contributed by atoms with E-state index in [1.807, 2.05) is 37.3 Å². The predicted molar refractivity (Wildman–Crippen MR) is 120 cm³/mol. The minimum atomic E-state index is -3.95. The molecule has 0 radical (unpaired) electrons. The second kappa shape index (κ2) is 7.89. The van der Waals surface area contributed by atoms with Gasteiger partial charge in [-0.2, -0.15) is 0 Å². The number of esters is 1. The van der Waals surface area contributed by atoms with Gasteiger partial charge in [0.2, 0.25) is 0 Å². The van der Waals surface area contributed by atoms with E-state index in [4.69, 9.17) is 4.74 Å². The molecule has 0 fully saturated rings. The molecule has 1 aromatic heterocycles. The Bertz CT molecular complexity index is 1270. The lowest BCUT2D eigenvalue weighted by Gasteiger charge is -2.12. The van der Waals surface area contributed by atoms with Crippen molar-refractivity contribution in [1.82, 2.24) is 3.97 Å². The van der Waals surface area contributed by atoms with E-state index in [0.29, 0.717) is 18.5 Å². The lowest BCUT2D eigenvalue weighted by atomic mass is 10.1. The Morgan fingerprint density at radius 1 is 1.10 bits per heavy atom. The first-order valence-corrected chi connectivity index (χ1v) is 11.7. The number of carbonyl (C=O) groups excluding carboxylic acids is 1. The number of hydrogen-bond donors (Lipinski definition) is 0. The van der Waals surface area contributed by atoms with E-state index in [-0.39, 0.29) is 10.6 Å². The van der Waals surface area contributed by atoms with Crippen LogP contribution in [-0.2, 0) is 21.2 Å². The van der Waals surface area contributed by atoms with Crippen LogP contribution >= 0.6 is 15.9 Å². The normalized spacial score (nSPS) is 14.7. The van der Waals surface area contributed by atoms with Crippen LogP contribution in [0.2, 0.25) is 0 Å². The van der Waals surface area contributed by atoms with Crippen molar-refractivity contribution in [2.24, 2.45) is 0 Å². The quantitative estimate of drug-likeness (QED) is 0.483. The van der Waals surface area contributed by atoms with Crippen LogP contribution in [-0.4, -0.2) is 25.5 Å². The van der Waals surface area contributed by atoms with Crippen LogP contribution in [0.5, 0.6) is 0 Å². The predicted octanol–water partition coefficient (Wildman–Crippen LogP) is 5.07. The number of ether oxygens (including phenoxy) is 1. The fraction of sp³-hybridized carbons (Fsp3) is 0.174. The number of carbonyl (C=O) groups is 1. The highest BCUT2D eigenvalue weighted by atomic mass is 79.9. The molecule has 2 aromatic carbocycles. The van der Waals surface area contributed by atoms with Crippen molar-refractivity contribution in [3.63, 3.8) is 0 Å². The zero-order valence-corrected chi connectivity index (χ0v) is 19.0. The Labute approximate surface area is 184 Å². The highest BCUT2D eigenvalue weighted by Crippen LogP contribution is 2.38. The molecule has 4 rings (SSSR count). The van der Waals surface area contributed by atoms with Gasteiger partial charge in [-0.1, -0.05) is 51.8 Å². The maximum Gasteiger partial charge on any atom is 0.355 e. The number of rotatable bonds is 4. The second-order valence-corrected chi connectivity index (χ2v) is 9.89. The molecule has 0 saturated heterocycles. The van der Waals surface area contributed by atoms with Gasteiger partial charge in [0, 0.05) is 15.7 Å². The van der Waals surface area contributed by atoms with Gasteiger partial charge in [0.1, 0.15) is 5.69 Å². The van der Waals surface area contributed by atoms with Gasteiger partial charge in [-0.15, -0.1) is 0 Å². The number of methoxy groups -OCH3 is 1. The monoisotopic (exact) mass is 485 g/mol. The van der Waals surface area contributed by atoms with Crippen LogP contribution in [0.25, 0.3) is 11.6 Å². The highest BCUT2D eigenvalue weighted by molar-refractivity contribution is 9.10. The molecule has 0 N–H and O–H groups in total. The number of fused-ring (bicyclic) bond motifs is 1. The Morgan fingerprint density at radius 2 is 1.83 bits per heavy atom. The molecule has 0 amide bonds. The SMILES string of the molecule is COC(=O)c1cc2c(n1S(=O)(=O)c1ccc(C)cc1)CCC2=Cc1cccc(Br)c1. The summed E-state index contributed by atoms with van der Waals surface area (Å²) in [4.78, 5) is 12.6. The van der Waals surface area contributed by atoms with E-state index in [1.54, 1.807) is 30.3 Å². The molecule has 1 aliphatic carbocycles. The zero-order valence-electron chi connectivity index (χ0n) is 16.6. The van der Waals surface area contributed by atoms with Gasteiger partial charge in [-0.05, 0) is 61.2 Å². The minimum Gasteiger partial charge on any atom is -0.464 e. The number of aryl methyl sites for hydroxylation is 1. The van der Waals surface area contributed by atoms with Crippen LogP contribution in [0.3, 0.4) is 0 Å². The average molecular weight is 486 g/mol. The molecule has 0 bridgehead atoms. The molecular formula is C23H20BrNO4S. The second-order valence-electron chi connectivity index (χ2n) is 7.19. The molecule has 7 heteroatoms. The Morgan fingerprint density at radius 3 is 2.50 bits per heavy atom. The molecule has 154 valence electrons. The van der Waals surface area contributed by atoms with Gasteiger partial charge < -0.3 is 4.74 Å². The Kier molecular flexibility index (Phi) is 5.42. The molecule has 0 aliphatic heterocycles. The summed E-state index contributed by atoms with van der Waals surface area (Å²) in [6.07, 6.45) is 3.25. The summed E-state index contributed by atoms with van der Waals surface area (Å²) >= 11 is 3.47. The number of aromatic nitrogens is 1. The highest BCUT2D eigenvalue weighted by Gasteiger charge is 2.33. The number of allylic oxidation sites excluding steroid dienone is 1. The Balaban J connectivity index is 1.89. The summed E-state index contributed by atoms with van der Waals surface area (Å²) in [5.74, 6) is -0.679. The molecule has 0 saturated carbocycles. The van der Waals surface area contributed by atoms with E-state index in [2.05, 4.69) is 15.9 Å². The fourth-order valence-electron chi connectivity index (χ4n) is 3.72. The number of halogens is 1. The molecule has 3 aromatic rings. The third-order valence-electron chi connectivity index (χ3n) is 5.18.